The average molecular weight is 306 g/mol. The molecule has 2 rings (SSSR count). The number of aryl methyl sites for hydroxylation is 2. The van der Waals surface area contributed by atoms with E-state index in [2.05, 4.69) is 6.07 Å². The van der Waals surface area contributed by atoms with Gasteiger partial charge in [-0.1, -0.05) is 17.7 Å². The molecule has 2 aromatic rings. The van der Waals surface area contributed by atoms with Gasteiger partial charge in [-0.05, 0) is 54.8 Å². The maximum Gasteiger partial charge on any atom is 0.124 e. The van der Waals surface area contributed by atoms with Gasteiger partial charge < -0.3 is 15.2 Å². The van der Waals surface area contributed by atoms with Crippen LogP contribution >= 0.6 is 11.6 Å². The molecular weight excluding hydrogens is 286 g/mol. The smallest absolute Gasteiger partial charge is 0.124 e. The summed E-state index contributed by atoms with van der Waals surface area (Å²) in [6.07, 6.45) is 0. The predicted molar refractivity (Wildman–Crippen MR) is 86.5 cm³/mol. The lowest BCUT2D eigenvalue weighted by molar-refractivity contribution is 0.407. The molecule has 21 heavy (non-hydrogen) atoms. The molecule has 0 aromatic heterocycles. The van der Waals surface area contributed by atoms with Gasteiger partial charge >= 0.3 is 0 Å². The lowest BCUT2D eigenvalue weighted by atomic mass is 9.93. The number of ether oxygens (including phenoxy) is 2. The molecule has 2 N–H and O–H groups in total. The van der Waals surface area contributed by atoms with Crippen LogP contribution < -0.4 is 15.2 Å². The van der Waals surface area contributed by atoms with Gasteiger partial charge in [0.15, 0.2) is 0 Å². The Morgan fingerprint density at radius 2 is 1.57 bits per heavy atom. The molecule has 1 unspecified atom stereocenters. The highest BCUT2D eigenvalue weighted by atomic mass is 35.5. The summed E-state index contributed by atoms with van der Waals surface area (Å²) in [5.74, 6) is 1.60. The van der Waals surface area contributed by atoms with Crippen LogP contribution in [0.5, 0.6) is 11.5 Å². The molecule has 0 radical (unpaired) electrons. The summed E-state index contributed by atoms with van der Waals surface area (Å²) in [6.45, 7) is 4.03. The maximum atomic E-state index is 6.44. The number of rotatable bonds is 4. The minimum absolute atomic E-state index is 0.303. The summed E-state index contributed by atoms with van der Waals surface area (Å²) in [4.78, 5) is 0. The maximum absolute atomic E-state index is 6.44. The van der Waals surface area contributed by atoms with Crippen LogP contribution in [-0.2, 0) is 0 Å². The van der Waals surface area contributed by atoms with Crippen molar-refractivity contribution in [3.8, 4) is 11.5 Å². The van der Waals surface area contributed by atoms with E-state index in [4.69, 9.17) is 26.8 Å². The largest absolute Gasteiger partial charge is 0.496 e. The number of hydrogen-bond donors (Lipinski definition) is 1. The van der Waals surface area contributed by atoms with Crippen LogP contribution in [-0.4, -0.2) is 14.2 Å². The van der Waals surface area contributed by atoms with E-state index in [9.17, 15) is 0 Å². The van der Waals surface area contributed by atoms with Gasteiger partial charge in [-0.25, -0.2) is 0 Å². The molecule has 112 valence electrons. The molecule has 0 spiro atoms. The predicted octanol–water partition coefficient (Wildman–Crippen LogP) is 4.02. The first kappa shape index (κ1) is 15.7. The van der Waals surface area contributed by atoms with Crippen LogP contribution in [0.15, 0.2) is 30.3 Å². The minimum atomic E-state index is -0.303. The van der Waals surface area contributed by atoms with E-state index >= 15 is 0 Å². The first-order valence-electron chi connectivity index (χ1n) is 6.72. The van der Waals surface area contributed by atoms with Gasteiger partial charge in [-0.15, -0.1) is 0 Å². The van der Waals surface area contributed by atoms with Crippen molar-refractivity contribution >= 4 is 11.6 Å². The second-order valence-electron chi connectivity index (χ2n) is 5.04. The van der Waals surface area contributed by atoms with Crippen LogP contribution in [0.25, 0.3) is 0 Å². The zero-order valence-electron chi connectivity index (χ0n) is 12.7. The molecule has 1 atom stereocenters. The standard InChI is InChI=1S/C17H20ClNO2/c1-10-8-16(21-4)11(2)7-13(10)17(19)14-9-12(18)5-6-15(14)20-3/h5-9,17H,19H2,1-4H3. The first-order chi connectivity index (χ1) is 9.97. The van der Waals surface area contributed by atoms with E-state index in [1.165, 1.54) is 0 Å². The quantitative estimate of drug-likeness (QED) is 0.928. The highest BCUT2D eigenvalue weighted by molar-refractivity contribution is 6.30. The van der Waals surface area contributed by atoms with Crippen molar-refractivity contribution in [1.29, 1.82) is 0 Å². The Morgan fingerprint density at radius 3 is 2.19 bits per heavy atom. The third-order valence-corrected chi connectivity index (χ3v) is 3.88. The van der Waals surface area contributed by atoms with Gasteiger partial charge in [0.05, 0.1) is 20.3 Å². The Labute approximate surface area is 130 Å². The average Bonchev–Trinajstić information content (AvgIpc) is 2.48. The van der Waals surface area contributed by atoms with Crippen molar-refractivity contribution in [3.05, 3.63) is 57.6 Å². The van der Waals surface area contributed by atoms with Gasteiger partial charge in [0.25, 0.3) is 0 Å². The number of methoxy groups -OCH3 is 2. The minimum Gasteiger partial charge on any atom is -0.496 e. The van der Waals surface area contributed by atoms with Crippen molar-refractivity contribution in [1.82, 2.24) is 0 Å². The Bertz CT molecular complexity index is 655. The number of hydrogen-bond acceptors (Lipinski definition) is 3. The highest BCUT2D eigenvalue weighted by Crippen LogP contribution is 2.34. The lowest BCUT2D eigenvalue weighted by Crippen LogP contribution is -2.15. The fourth-order valence-electron chi connectivity index (χ4n) is 2.48. The van der Waals surface area contributed by atoms with E-state index in [-0.39, 0.29) is 6.04 Å². The molecule has 2 aromatic carbocycles. The number of nitrogens with two attached hydrogens (primary N) is 1. The summed E-state index contributed by atoms with van der Waals surface area (Å²) in [7, 11) is 3.30. The van der Waals surface area contributed by atoms with E-state index < -0.39 is 0 Å². The summed E-state index contributed by atoms with van der Waals surface area (Å²) in [5, 5.41) is 0.643. The van der Waals surface area contributed by atoms with E-state index in [0.717, 1.165) is 33.8 Å². The van der Waals surface area contributed by atoms with Crippen LogP contribution in [0.4, 0.5) is 0 Å². The third-order valence-electron chi connectivity index (χ3n) is 3.65. The van der Waals surface area contributed by atoms with E-state index in [1.807, 2.05) is 32.0 Å². The van der Waals surface area contributed by atoms with Crippen LogP contribution in [0, 0.1) is 13.8 Å². The number of halogens is 1. The molecule has 0 heterocycles. The molecule has 3 nitrogen and oxygen atoms in total. The second-order valence-corrected chi connectivity index (χ2v) is 5.48. The van der Waals surface area contributed by atoms with Gasteiger partial charge in [-0.2, -0.15) is 0 Å². The van der Waals surface area contributed by atoms with Crippen LogP contribution in [0.2, 0.25) is 5.02 Å². The van der Waals surface area contributed by atoms with Crippen LogP contribution in [0.1, 0.15) is 28.3 Å². The highest BCUT2D eigenvalue weighted by Gasteiger charge is 2.18. The summed E-state index contributed by atoms with van der Waals surface area (Å²) in [5.41, 5.74) is 10.5. The molecule has 0 amide bonds. The zero-order valence-corrected chi connectivity index (χ0v) is 13.5. The van der Waals surface area contributed by atoms with Crippen molar-refractivity contribution in [2.75, 3.05) is 14.2 Å². The first-order valence-corrected chi connectivity index (χ1v) is 7.10. The molecule has 0 fully saturated rings. The Balaban J connectivity index is 2.52. The Kier molecular flexibility index (Phi) is 4.76. The molecule has 0 saturated heterocycles. The molecule has 0 aliphatic carbocycles. The normalized spacial score (nSPS) is 12.1. The fraction of sp³-hybridized carbons (Fsp3) is 0.294. The SMILES string of the molecule is COc1cc(C)c(C(N)c2cc(Cl)ccc2OC)cc1C. The van der Waals surface area contributed by atoms with Crippen molar-refractivity contribution in [3.63, 3.8) is 0 Å². The van der Waals surface area contributed by atoms with Gasteiger partial charge in [0.1, 0.15) is 11.5 Å². The van der Waals surface area contributed by atoms with Gasteiger partial charge in [0, 0.05) is 10.6 Å². The Morgan fingerprint density at radius 1 is 0.905 bits per heavy atom. The van der Waals surface area contributed by atoms with Crippen molar-refractivity contribution in [2.24, 2.45) is 5.73 Å². The summed E-state index contributed by atoms with van der Waals surface area (Å²) in [6, 6.07) is 9.24. The van der Waals surface area contributed by atoms with Gasteiger partial charge in [0.2, 0.25) is 0 Å². The molecule has 0 aliphatic heterocycles. The molecule has 4 heteroatoms. The second kappa shape index (κ2) is 6.37. The lowest BCUT2D eigenvalue weighted by Gasteiger charge is -2.20. The van der Waals surface area contributed by atoms with E-state index in [1.54, 1.807) is 20.3 Å². The number of benzene rings is 2. The monoisotopic (exact) mass is 305 g/mol. The van der Waals surface area contributed by atoms with Crippen LogP contribution in [0.3, 0.4) is 0 Å². The Hall–Kier alpha value is -1.71. The topological polar surface area (TPSA) is 44.5 Å². The summed E-state index contributed by atoms with van der Waals surface area (Å²) < 4.78 is 10.7. The summed E-state index contributed by atoms with van der Waals surface area (Å²) >= 11 is 6.09. The fourth-order valence-corrected chi connectivity index (χ4v) is 2.66. The zero-order chi connectivity index (χ0) is 15.6. The van der Waals surface area contributed by atoms with E-state index in [0.29, 0.717) is 5.02 Å². The van der Waals surface area contributed by atoms with Crippen molar-refractivity contribution in [2.45, 2.75) is 19.9 Å². The molecule has 0 aliphatic rings. The molecular formula is C17H20ClNO2. The van der Waals surface area contributed by atoms with Crippen molar-refractivity contribution < 1.29 is 9.47 Å². The molecule has 0 saturated carbocycles. The third kappa shape index (κ3) is 3.14. The van der Waals surface area contributed by atoms with Gasteiger partial charge in [-0.3, -0.25) is 0 Å². The molecule has 0 bridgehead atoms.